The van der Waals surface area contributed by atoms with E-state index in [0.717, 1.165) is 9.35 Å². The summed E-state index contributed by atoms with van der Waals surface area (Å²) in [5, 5.41) is 1.96. The van der Waals surface area contributed by atoms with Gasteiger partial charge < -0.3 is 0 Å². The molecule has 0 saturated heterocycles. The average Bonchev–Trinajstić information content (AvgIpc) is 2.75. The first kappa shape index (κ1) is 15.2. The lowest BCUT2D eigenvalue weighted by atomic mass is 9.75. The molecule has 0 unspecified atom stereocenters. The number of hydrogen-bond acceptors (Lipinski definition) is 3. The van der Waals surface area contributed by atoms with Gasteiger partial charge in [0.15, 0.2) is 5.78 Å². The van der Waals surface area contributed by atoms with Crippen LogP contribution in [-0.4, -0.2) is 30.3 Å². The van der Waals surface area contributed by atoms with E-state index in [9.17, 15) is 4.79 Å². The van der Waals surface area contributed by atoms with Crippen molar-refractivity contribution in [3.63, 3.8) is 0 Å². The average molecular weight is 344 g/mol. The molecule has 2 rings (SSSR count). The first-order valence-corrected chi connectivity index (χ1v) is 8.53. The lowest BCUT2D eigenvalue weighted by molar-refractivity contribution is 0.0854. The van der Waals surface area contributed by atoms with Gasteiger partial charge in [0.1, 0.15) is 0 Å². The van der Waals surface area contributed by atoms with E-state index in [1.807, 2.05) is 11.4 Å². The van der Waals surface area contributed by atoms with Crippen LogP contribution in [-0.2, 0) is 0 Å². The van der Waals surface area contributed by atoms with Crippen molar-refractivity contribution in [1.29, 1.82) is 0 Å². The fourth-order valence-corrected chi connectivity index (χ4v) is 4.27. The third-order valence-electron chi connectivity index (χ3n) is 4.20. The standard InChI is InChI=1S/C15H22BrNOS/c1-15(2)7-4-11(5-8-15)17(3)10-13(18)14-12(16)6-9-19-14/h6,9,11H,4-5,7-8,10H2,1-3H3. The zero-order chi connectivity index (χ0) is 14.0. The topological polar surface area (TPSA) is 20.3 Å². The molecule has 1 fully saturated rings. The Balaban J connectivity index is 1.90. The van der Waals surface area contributed by atoms with Crippen LogP contribution in [0.25, 0.3) is 0 Å². The van der Waals surface area contributed by atoms with Crippen molar-refractivity contribution in [2.75, 3.05) is 13.6 Å². The predicted octanol–water partition coefficient (Wildman–Crippen LogP) is 4.59. The number of hydrogen-bond donors (Lipinski definition) is 0. The molecule has 0 atom stereocenters. The van der Waals surface area contributed by atoms with Crippen LogP contribution in [0.4, 0.5) is 0 Å². The van der Waals surface area contributed by atoms with Gasteiger partial charge in [-0.15, -0.1) is 11.3 Å². The Hall–Kier alpha value is -0.190. The van der Waals surface area contributed by atoms with Gasteiger partial charge in [0.2, 0.25) is 0 Å². The van der Waals surface area contributed by atoms with Crippen LogP contribution >= 0.6 is 27.3 Å². The van der Waals surface area contributed by atoms with E-state index in [-0.39, 0.29) is 5.78 Å². The fourth-order valence-electron chi connectivity index (χ4n) is 2.74. The molecule has 0 aromatic carbocycles. The molecule has 0 spiro atoms. The fraction of sp³-hybridized carbons (Fsp3) is 0.667. The Morgan fingerprint density at radius 2 is 2.11 bits per heavy atom. The second kappa shape index (κ2) is 6.06. The van der Waals surface area contributed by atoms with Crippen LogP contribution in [0.5, 0.6) is 0 Å². The van der Waals surface area contributed by atoms with Crippen molar-refractivity contribution < 1.29 is 4.79 Å². The van der Waals surface area contributed by atoms with Gasteiger partial charge in [0.25, 0.3) is 0 Å². The van der Waals surface area contributed by atoms with Crippen molar-refractivity contribution >= 4 is 33.0 Å². The largest absolute Gasteiger partial charge is 0.296 e. The minimum atomic E-state index is 0.231. The summed E-state index contributed by atoms with van der Waals surface area (Å²) in [6.07, 6.45) is 4.95. The van der Waals surface area contributed by atoms with Gasteiger partial charge in [-0.25, -0.2) is 0 Å². The lowest BCUT2D eigenvalue weighted by Gasteiger charge is -2.38. The highest BCUT2D eigenvalue weighted by Crippen LogP contribution is 2.36. The number of nitrogens with zero attached hydrogens (tertiary/aromatic N) is 1. The molecule has 0 bridgehead atoms. The summed E-state index contributed by atoms with van der Waals surface area (Å²) in [7, 11) is 2.09. The first-order valence-electron chi connectivity index (χ1n) is 6.85. The van der Waals surface area contributed by atoms with Crippen molar-refractivity contribution in [1.82, 2.24) is 4.90 Å². The molecule has 0 radical (unpaired) electrons. The van der Waals surface area contributed by atoms with E-state index in [1.54, 1.807) is 0 Å². The Bertz CT molecular complexity index is 445. The predicted molar refractivity (Wildman–Crippen MR) is 85.0 cm³/mol. The molecule has 2 nitrogen and oxygen atoms in total. The number of carbonyl (C=O) groups is 1. The van der Waals surface area contributed by atoms with Crippen molar-refractivity contribution in [3.8, 4) is 0 Å². The molecule has 1 saturated carbocycles. The highest BCUT2D eigenvalue weighted by molar-refractivity contribution is 9.10. The normalized spacial score (nSPS) is 19.8. The van der Waals surface area contributed by atoms with Gasteiger partial charge in [-0.2, -0.15) is 0 Å². The van der Waals surface area contributed by atoms with Gasteiger partial charge in [-0.1, -0.05) is 13.8 Å². The van der Waals surface area contributed by atoms with E-state index in [0.29, 0.717) is 18.0 Å². The molecule has 4 heteroatoms. The van der Waals surface area contributed by atoms with Gasteiger partial charge >= 0.3 is 0 Å². The van der Waals surface area contributed by atoms with Crippen molar-refractivity contribution in [2.24, 2.45) is 5.41 Å². The number of Topliss-reactive ketones (excluding diaryl/α,β-unsaturated/α-hetero) is 1. The summed E-state index contributed by atoms with van der Waals surface area (Å²) < 4.78 is 0.931. The molecule has 0 amide bonds. The van der Waals surface area contributed by atoms with Gasteiger partial charge in [0, 0.05) is 10.5 Å². The Kier molecular flexibility index (Phi) is 4.85. The number of rotatable bonds is 4. The maximum Gasteiger partial charge on any atom is 0.187 e. The molecular formula is C15H22BrNOS. The number of thiophene rings is 1. The minimum Gasteiger partial charge on any atom is -0.296 e. The van der Waals surface area contributed by atoms with Crippen molar-refractivity contribution in [3.05, 3.63) is 20.8 Å². The minimum absolute atomic E-state index is 0.231. The first-order chi connectivity index (χ1) is 8.89. The molecule has 1 aliphatic carbocycles. The summed E-state index contributed by atoms with van der Waals surface area (Å²) in [5.74, 6) is 0.231. The maximum absolute atomic E-state index is 12.2. The summed E-state index contributed by atoms with van der Waals surface area (Å²) in [6.45, 7) is 5.22. The zero-order valence-corrected chi connectivity index (χ0v) is 14.3. The second-order valence-corrected chi connectivity index (χ2v) is 8.10. The van der Waals surface area contributed by atoms with Crippen LogP contribution in [0.1, 0.15) is 49.2 Å². The van der Waals surface area contributed by atoms with E-state index < -0.39 is 0 Å². The van der Waals surface area contributed by atoms with Crippen LogP contribution in [0, 0.1) is 5.41 Å². The lowest BCUT2D eigenvalue weighted by Crippen LogP contribution is -2.39. The highest BCUT2D eigenvalue weighted by atomic mass is 79.9. The molecule has 0 aliphatic heterocycles. The molecule has 1 aromatic heterocycles. The summed E-state index contributed by atoms with van der Waals surface area (Å²) in [6, 6.07) is 2.51. The number of likely N-dealkylation sites (N-methyl/N-ethyl adjacent to an activating group) is 1. The van der Waals surface area contributed by atoms with Crippen LogP contribution < -0.4 is 0 Å². The number of carbonyl (C=O) groups excluding carboxylic acids is 1. The number of halogens is 1. The highest BCUT2D eigenvalue weighted by Gasteiger charge is 2.29. The third kappa shape index (κ3) is 3.89. The van der Waals surface area contributed by atoms with Crippen LogP contribution in [0.15, 0.2) is 15.9 Å². The molecule has 106 valence electrons. The summed E-state index contributed by atoms with van der Waals surface area (Å²) in [4.78, 5) is 15.3. The van der Waals surface area contributed by atoms with E-state index >= 15 is 0 Å². The molecular weight excluding hydrogens is 322 g/mol. The van der Waals surface area contributed by atoms with Crippen LogP contribution in [0.2, 0.25) is 0 Å². The zero-order valence-electron chi connectivity index (χ0n) is 11.9. The number of ketones is 1. The van der Waals surface area contributed by atoms with E-state index in [4.69, 9.17) is 0 Å². The molecule has 1 aliphatic rings. The Labute approximate surface area is 128 Å². The van der Waals surface area contributed by atoms with E-state index in [2.05, 4.69) is 41.7 Å². The smallest absolute Gasteiger partial charge is 0.187 e. The quantitative estimate of drug-likeness (QED) is 0.745. The molecule has 1 aromatic rings. The molecule has 1 heterocycles. The molecule has 19 heavy (non-hydrogen) atoms. The molecule has 0 N–H and O–H groups in total. The summed E-state index contributed by atoms with van der Waals surface area (Å²) >= 11 is 4.96. The maximum atomic E-state index is 12.2. The summed E-state index contributed by atoms with van der Waals surface area (Å²) in [5.41, 5.74) is 0.484. The van der Waals surface area contributed by atoms with Gasteiger partial charge in [-0.05, 0) is 65.5 Å². The monoisotopic (exact) mass is 343 g/mol. The third-order valence-corrected chi connectivity index (χ3v) is 6.07. The second-order valence-electron chi connectivity index (χ2n) is 6.33. The van der Waals surface area contributed by atoms with Crippen LogP contribution in [0.3, 0.4) is 0 Å². The SMILES string of the molecule is CN(CC(=O)c1sccc1Br)C1CCC(C)(C)CC1. The van der Waals surface area contributed by atoms with Crippen molar-refractivity contribution in [2.45, 2.75) is 45.6 Å². The van der Waals surface area contributed by atoms with Gasteiger partial charge in [-0.3, -0.25) is 9.69 Å². The van der Waals surface area contributed by atoms with E-state index in [1.165, 1.54) is 37.0 Å². The Morgan fingerprint density at radius 1 is 1.47 bits per heavy atom. The Morgan fingerprint density at radius 3 is 2.63 bits per heavy atom. The van der Waals surface area contributed by atoms with Gasteiger partial charge in [0.05, 0.1) is 11.4 Å².